The quantitative estimate of drug-likeness (QED) is 0.480. The number of carbonyl (C=O) groups excluding carboxylic acids is 1. The average Bonchev–Trinajstić information content (AvgIpc) is 3.07. The maximum Gasteiger partial charge on any atom is 0.221 e. The Bertz CT molecular complexity index is 1130. The molecule has 0 atom stereocenters. The Morgan fingerprint density at radius 3 is 2.00 bits per heavy atom. The van der Waals surface area contributed by atoms with E-state index in [1.54, 1.807) is 24.3 Å². The Kier molecular flexibility index (Phi) is 4.20. The lowest BCUT2D eigenvalue weighted by atomic mass is 10.0. The number of H-pyrrole nitrogens is 1. The summed E-state index contributed by atoms with van der Waals surface area (Å²) in [5, 5.41) is 3.73. The fourth-order valence-corrected chi connectivity index (χ4v) is 3.13. The van der Waals surface area contributed by atoms with Crippen molar-refractivity contribution in [1.29, 1.82) is 0 Å². The van der Waals surface area contributed by atoms with Gasteiger partial charge in [0.25, 0.3) is 0 Å². The molecule has 1 heterocycles. The van der Waals surface area contributed by atoms with Crippen molar-refractivity contribution in [3.8, 4) is 22.4 Å². The first-order valence-electron chi connectivity index (χ1n) is 8.46. The smallest absolute Gasteiger partial charge is 0.221 e. The SMILES string of the molecule is CC(=O)Nc1cc(-c2ccc(F)cc2)cc2cc(-c3ccc(F)cc3)[nH]c12. The number of halogens is 2. The van der Waals surface area contributed by atoms with E-state index in [1.165, 1.54) is 31.2 Å². The number of nitrogens with one attached hydrogen (secondary N) is 2. The molecule has 1 aromatic heterocycles. The summed E-state index contributed by atoms with van der Waals surface area (Å²) in [6.45, 7) is 1.44. The molecule has 3 nitrogen and oxygen atoms in total. The van der Waals surface area contributed by atoms with Crippen LogP contribution < -0.4 is 5.32 Å². The van der Waals surface area contributed by atoms with Crippen molar-refractivity contribution in [3.05, 3.63) is 78.4 Å². The molecule has 4 aromatic rings. The summed E-state index contributed by atoms with van der Waals surface area (Å²) in [6.07, 6.45) is 0. The predicted molar refractivity (Wildman–Crippen MR) is 103 cm³/mol. The zero-order valence-corrected chi connectivity index (χ0v) is 14.5. The molecule has 5 heteroatoms. The molecule has 4 rings (SSSR count). The van der Waals surface area contributed by atoms with Crippen molar-refractivity contribution >= 4 is 22.5 Å². The zero-order valence-electron chi connectivity index (χ0n) is 14.5. The number of hydrogen-bond acceptors (Lipinski definition) is 1. The minimum Gasteiger partial charge on any atom is -0.353 e. The normalized spacial score (nSPS) is 10.9. The summed E-state index contributed by atoms with van der Waals surface area (Å²) in [6, 6.07) is 18.2. The first kappa shape index (κ1) is 17.0. The Balaban J connectivity index is 1.88. The van der Waals surface area contributed by atoms with Crippen LogP contribution in [0, 0.1) is 11.6 Å². The third-order valence-electron chi connectivity index (χ3n) is 4.37. The van der Waals surface area contributed by atoms with Crippen LogP contribution in [0.25, 0.3) is 33.3 Å². The number of rotatable bonds is 3. The zero-order chi connectivity index (χ0) is 19.0. The number of benzene rings is 3. The largest absolute Gasteiger partial charge is 0.353 e. The molecule has 0 radical (unpaired) electrons. The second-order valence-electron chi connectivity index (χ2n) is 6.37. The second kappa shape index (κ2) is 6.68. The van der Waals surface area contributed by atoms with E-state index in [0.717, 1.165) is 33.3 Å². The molecule has 0 unspecified atom stereocenters. The van der Waals surface area contributed by atoms with Gasteiger partial charge in [0, 0.05) is 18.0 Å². The monoisotopic (exact) mass is 362 g/mol. The van der Waals surface area contributed by atoms with Gasteiger partial charge in [-0.1, -0.05) is 12.1 Å². The molecule has 134 valence electrons. The molecule has 0 spiro atoms. The molecule has 0 saturated heterocycles. The summed E-state index contributed by atoms with van der Waals surface area (Å²) in [5.41, 5.74) is 4.76. The predicted octanol–water partition coefficient (Wildman–Crippen LogP) is 5.74. The Hall–Kier alpha value is -3.47. The van der Waals surface area contributed by atoms with E-state index in [0.29, 0.717) is 5.69 Å². The van der Waals surface area contributed by atoms with E-state index in [1.807, 2.05) is 18.2 Å². The van der Waals surface area contributed by atoms with Crippen LogP contribution in [0.3, 0.4) is 0 Å². The molecule has 0 aliphatic carbocycles. The summed E-state index contributed by atoms with van der Waals surface area (Å²) in [5.74, 6) is -0.792. The number of fused-ring (bicyclic) bond motifs is 1. The third kappa shape index (κ3) is 3.44. The number of carbonyl (C=O) groups is 1. The Morgan fingerprint density at radius 2 is 1.41 bits per heavy atom. The molecule has 0 bridgehead atoms. The highest BCUT2D eigenvalue weighted by molar-refractivity contribution is 6.03. The molecule has 0 fully saturated rings. The van der Waals surface area contributed by atoms with E-state index in [9.17, 15) is 13.6 Å². The molecule has 0 saturated carbocycles. The van der Waals surface area contributed by atoms with Gasteiger partial charge in [-0.2, -0.15) is 0 Å². The number of aromatic amines is 1. The topological polar surface area (TPSA) is 44.9 Å². The van der Waals surface area contributed by atoms with E-state index in [2.05, 4.69) is 10.3 Å². The van der Waals surface area contributed by atoms with Gasteiger partial charge in [0.15, 0.2) is 0 Å². The van der Waals surface area contributed by atoms with Gasteiger partial charge < -0.3 is 10.3 Å². The minimum atomic E-state index is -0.304. The summed E-state index contributed by atoms with van der Waals surface area (Å²) in [7, 11) is 0. The summed E-state index contributed by atoms with van der Waals surface area (Å²) < 4.78 is 26.4. The first-order valence-corrected chi connectivity index (χ1v) is 8.46. The lowest BCUT2D eigenvalue weighted by molar-refractivity contribution is -0.114. The van der Waals surface area contributed by atoms with Crippen LogP contribution in [-0.4, -0.2) is 10.9 Å². The average molecular weight is 362 g/mol. The summed E-state index contributed by atoms with van der Waals surface area (Å²) >= 11 is 0. The lowest BCUT2D eigenvalue weighted by Gasteiger charge is -2.08. The van der Waals surface area contributed by atoms with Crippen molar-refractivity contribution in [2.75, 3.05) is 5.32 Å². The fraction of sp³-hybridized carbons (Fsp3) is 0.0455. The molecule has 27 heavy (non-hydrogen) atoms. The van der Waals surface area contributed by atoms with Crippen molar-refractivity contribution in [2.45, 2.75) is 6.92 Å². The van der Waals surface area contributed by atoms with Gasteiger partial charge in [-0.3, -0.25) is 4.79 Å². The van der Waals surface area contributed by atoms with Gasteiger partial charge in [0.1, 0.15) is 11.6 Å². The van der Waals surface area contributed by atoms with Crippen LogP contribution in [0.15, 0.2) is 66.7 Å². The van der Waals surface area contributed by atoms with Crippen molar-refractivity contribution in [2.24, 2.45) is 0 Å². The number of hydrogen-bond donors (Lipinski definition) is 2. The van der Waals surface area contributed by atoms with Crippen molar-refractivity contribution in [1.82, 2.24) is 4.98 Å². The van der Waals surface area contributed by atoms with Crippen LogP contribution in [0.2, 0.25) is 0 Å². The lowest BCUT2D eigenvalue weighted by Crippen LogP contribution is -2.06. The number of aromatic nitrogens is 1. The van der Waals surface area contributed by atoms with Gasteiger partial charge in [-0.15, -0.1) is 0 Å². The molecule has 2 N–H and O–H groups in total. The van der Waals surface area contributed by atoms with Gasteiger partial charge in [0.2, 0.25) is 5.91 Å². The molecular formula is C22H16F2N2O. The summed E-state index contributed by atoms with van der Waals surface area (Å²) in [4.78, 5) is 14.9. The highest BCUT2D eigenvalue weighted by Crippen LogP contribution is 2.34. The molecular weight excluding hydrogens is 346 g/mol. The van der Waals surface area contributed by atoms with E-state index >= 15 is 0 Å². The van der Waals surface area contributed by atoms with Crippen LogP contribution in [0.5, 0.6) is 0 Å². The standard InChI is InChI=1S/C22H16F2N2O/c1-13(27)25-21-11-16(14-2-6-18(23)7-3-14)10-17-12-20(26-22(17)21)15-4-8-19(24)9-5-15/h2-12,26H,1H3,(H,25,27). The Morgan fingerprint density at radius 1 is 0.815 bits per heavy atom. The fourth-order valence-electron chi connectivity index (χ4n) is 3.13. The minimum absolute atomic E-state index is 0.189. The molecule has 0 aliphatic heterocycles. The van der Waals surface area contributed by atoms with Crippen molar-refractivity contribution in [3.63, 3.8) is 0 Å². The number of anilines is 1. The van der Waals surface area contributed by atoms with Gasteiger partial charge >= 0.3 is 0 Å². The Labute approximate surface area is 154 Å². The van der Waals surface area contributed by atoms with E-state index < -0.39 is 0 Å². The maximum absolute atomic E-state index is 13.2. The van der Waals surface area contributed by atoms with Crippen molar-refractivity contribution < 1.29 is 13.6 Å². The van der Waals surface area contributed by atoms with Crippen LogP contribution in [0.4, 0.5) is 14.5 Å². The first-order chi connectivity index (χ1) is 13.0. The number of amides is 1. The molecule has 3 aromatic carbocycles. The highest BCUT2D eigenvalue weighted by atomic mass is 19.1. The van der Waals surface area contributed by atoms with Crippen LogP contribution in [-0.2, 0) is 4.79 Å². The molecule has 0 aliphatic rings. The van der Waals surface area contributed by atoms with Gasteiger partial charge in [0.05, 0.1) is 11.2 Å². The van der Waals surface area contributed by atoms with Gasteiger partial charge in [-0.05, 0) is 71.3 Å². The maximum atomic E-state index is 13.2. The van der Waals surface area contributed by atoms with Crippen LogP contribution >= 0.6 is 0 Å². The highest BCUT2D eigenvalue weighted by Gasteiger charge is 2.12. The van der Waals surface area contributed by atoms with E-state index in [4.69, 9.17) is 0 Å². The third-order valence-corrected chi connectivity index (χ3v) is 4.37. The van der Waals surface area contributed by atoms with Crippen LogP contribution in [0.1, 0.15) is 6.92 Å². The molecule has 1 amide bonds. The second-order valence-corrected chi connectivity index (χ2v) is 6.37. The van der Waals surface area contributed by atoms with E-state index in [-0.39, 0.29) is 17.5 Å². The van der Waals surface area contributed by atoms with Gasteiger partial charge in [-0.25, -0.2) is 8.78 Å².